The summed E-state index contributed by atoms with van der Waals surface area (Å²) in [5.41, 5.74) is 0.377. The molecular weight excluding hydrogens is 320 g/mol. The van der Waals surface area contributed by atoms with Gasteiger partial charge in [0.2, 0.25) is 5.91 Å². The zero-order valence-electron chi connectivity index (χ0n) is 12.7. The molecule has 1 aliphatic rings. The summed E-state index contributed by atoms with van der Waals surface area (Å²) in [7, 11) is 0. The monoisotopic (exact) mass is 338 g/mol. The van der Waals surface area contributed by atoms with Crippen molar-refractivity contribution in [3.63, 3.8) is 0 Å². The molecule has 9 heteroatoms. The molecule has 0 spiro atoms. The molecule has 2 rings (SSSR count). The number of nitrogens with zero attached hydrogens (tertiary/aromatic N) is 2. The fourth-order valence-electron chi connectivity index (χ4n) is 2.15. The molecule has 0 aliphatic carbocycles. The molecule has 1 aromatic rings. The molecule has 8 nitrogen and oxygen atoms in total. The Balaban J connectivity index is 2.12. The smallest absolute Gasteiger partial charge is 0.251 e. The Bertz CT molecular complexity index is 713. The van der Waals surface area contributed by atoms with Gasteiger partial charge in [0.1, 0.15) is 22.5 Å². The van der Waals surface area contributed by atoms with Crippen molar-refractivity contribution in [3.8, 4) is 5.75 Å². The minimum Gasteiger partial charge on any atom is -0.508 e. The Kier molecular flexibility index (Phi) is 5.43. The number of thioether (sulfide) groups is 1. The van der Waals surface area contributed by atoms with Crippen LogP contribution < -0.4 is 10.9 Å². The van der Waals surface area contributed by atoms with Gasteiger partial charge in [0, 0.05) is 23.6 Å². The van der Waals surface area contributed by atoms with E-state index in [0.717, 1.165) is 6.07 Å². The molecule has 0 aromatic carbocycles. The van der Waals surface area contributed by atoms with Gasteiger partial charge in [-0.05, 0) is 13.3 Å². The van der Waals surface area contributed by atoms with Crippen molar-refractivity contribution in [2.75, 3.05) is 5.75 Å². The fourth-order valence-corrected chi connectivity index (χ4v) is 3.15. The molecule has 1 aliphatic heterocycles. The fraction of sp³-hybridized carbons (Fsp3) is 0.429. The molecule has 2 unspecified atom stereocenters. The number of aliphatic imine (C=N–C) groups is 1. The summed E-state index contributed by atoms with van der Waals surface area (Å²) in [6, 6.07) is 1.47. The standard InChI is InChI=1S/C14H18N4O4S/c1-3-9(10-4-8(19)5-12(20)15-10)16-13(21)11-6-23-14(17-11)7(2)18-22/h4-5,9,11,22H,3,6H2,1-2H3,(H,16,21)(H2,15,19,20)/b18-7+. The molecule has 0 saturated carbocycles. The van der Waals surface area contributed by atoms with Crippen molar-refractivity contribution >= 4 is 28.4 Å². The van der Waals surface area contributed by atoms with Gasteiger partial charge in [-0.3, -0.25) is 14.6 Å². The van der Waals surface area contributed by atoms with Crippen LogP contribution in [0.5, 0.6) is 5.75 Å². The average Bonchev–Trinajstić information content (AvgIpc) is 3.00. The number of pyridine rings is 1. The van der Waals surface area contributed by atoms with E-state index < -0.39 is 17.6 Å². The van der Waals surface area contributed by atoms with Crippen LogP contribution in [-0.2, 0) is 4.79 Å². The number of H-pyrrole nitrogens is 1. The first-order chi connectivity index (χ1) is 10.9. The third-order valence-corrected chi connectivity index (χ3v) is 4.52. The molecule has 0 radical (unpaired) electrons. The first-order valence-electron chi connectivity index (χ1n) is 7.07. The molecular formula is C14H18N4O4S. The Morgan fingerprint density at radius 3 is 2.96 bits per heavy atom. The lowest BCUT2D eigenvalue weighted by atomic mass is 10.1. The van der Waals surface area contributed by atoms with Crippen molar-refractivity contribution in [1.29, 1.82) is 0 Å². The number of aromatic amines is 1. The first-order valence-corrected chi connectivity index (χ1v) is 8.06. The Labute approximate surface area is 136 Å². The van der Waals surface area contributed by atoms with Gasteiger partial charge < -0.3 is 20.6 Å². The van der Waals surface area contributed by atoms with Crippen LogP contribution in [0.4, 0.5) is 0 Å². The number of aromatic hydroxyl groups is 1. The molecule has 4 N–H and O–H groups in total. The summed E-state index contributed by atoms with van der Waals surface area (Å²) in [5.74, 6) is 0.0262. The highest BCUT2D eigenvalue weighted by molar-refractivity contribution is 8.16. The van der Waals surface area contributed by atoms with Crippen molar-refractivity contribution in [2.24, 2.45) is 10.1 Å². The quantitative estimate of drug-likeness (QED) is 0.362. The zero-order chi connectivity index (χ0) is 17.0. The van der Waals surface area contributed by atoms with Crippen molar-refractivity contribution in [3.05, 3.63) is 28.2 Å². The summed E-state index contributed by atoms with van der Waals surface area (Å²) in [6.45, 7) is 3.46. The van der Waals surface area contributed by atoms with Gasteiger partial charge in [0.05, 0.1) is 6.04 Å². The first kappa shape index (κ1) is 17.1. The number of nitrogens with one attached hydrogen (secondary N) is 2. The van der Waals surface area contributed by atoms with E-state index in [1.807, 2.05) is 6.92 Å². The molecule has 124 valence electrons. The summed E-state index contributed by atoms with van der Waals surface area (Å²) in [5, 5.41) is 24.7. The number of aromatic nitrogens is 1. The lowest BCUT2D eigenvalue weighted by molar-refractivity contribution is -0.122. The largest absolute Gasteiger partial charge is 0.508 e. The van der Waals surface area contributed by atoms with E-state index in [1.165, 1.54) is 17.8 Å². The lowest BCUT2D eigenvalue weighted by Gasteiger charge is -2.18. The third-order valence-electron chi connectivity index (χ3n) is 3.36. The van der Waals surface area contributed by atoms with Gasteiger partial charge in [0.15, 0.2) is 0 Å². The molecule has 0 saturated heterocycles. The molecule has 1 amide bonds. The van der Waals surface area contributed by atoms with E-state index in [4.69, 9.17) is 5.21 Å². The van der Waals surface area contributed by atoms with Crippen LogP contribution in [0.15, 0.2) is 27.1 Å². The Hall–Kier alpha value is -2.29. The second-order valence-electron chi connectivity index (χ2n) is 5.07. The normalized spacial score (nSPS) is 19.3. The number of hydrogen-bond acceptors (Lipinski definition) is 7. The molecule has 2 atom stereocenters. The third kappa shape index (κ3) is 4.13. The summed E-state index contributed by atoms with van der Waals surface area (Å²) >= 11 is 1.35. The summed E-state index contributed by atoms with van der Waals surface area (Å²) in [4.78, 5) is 30.6. The van der Waals surface area contributed by atoms with Gasteiger partial charge in [-0.15, -0.1) is 11.8 Å². The van der Waals surface area contributed by atoms with E-state index in [2.05, 4.69) is 20.4 Å². The maximum absolute atomic E-state index is 12.3. The highest BCUT2D eigenvalue weighted by Gasteiger charge is 2.28. The highest BCUT2D eigenvalue weighted by Crippen LogP contribution is 2.22. The lowest BCUT2D eigenvalue weighted by Crippen LogP contribution is -2.37. The summed E-state index contributed by atoms with van der Waals surface area (Å²) < 4.78 is 0. The van der Waals surface area contributed by atoms with Gasteiger partial charge >= 0.3 is 0 Å². The van der Waals surface area contributed by atoms with Crippen molar-refractivity contribution in [1.82, 2.24) is 10.3 Å². The number of carbonyl (C=O) groups excluding carboxylic acids is 1. The van der Waals surface area contributed by atoms with E-state index in [9.17, 15) is 14.7 Å². The maximum atomic E-state index is 12.3. The number of hydrogen-bond donors (Lipinski definition) is 4. The average molecular weight is 338 g/mol. The minimum absolute atomic E-state index is 0.150. The number of amides is 1. The number of carbonyl (C=O) groups is 1. The van der Waals surface area contributed by atoms with Crippen molar-refractivity contribution < 1.29 is 15.1 Å². The van der Waals surface area contributed by atoms with Crippen LogP contribution in [0.25, 0.3) is 0 Å². The van der Waals surface area contributed by atoms with Crippen LogP contribution in [0.2, 0.25) is 0 Å². The van der Waals surface area contributed by atoms with Crippen molar-refractivity contribution in [2.45, 2.75) is 32.4 Å². The van der Waals surface area contributed by atoms with Crippen LogP contribution in [0.1, 0.15) is 32.0 Å². The predicted octanol–water partition coefficient (Wildman–Crippen LogP) is 1.01. The number of oxime groups is 1. The Morgan fingerprint density at radius 1 is 1.61 bits per heavy atom. The second kappa shape index (κ2) is 7.32. The highest BCUT2D eigenvalue weighted by atomic mass is 32.2. The van der Waals surface area contributed by atoms with E-state index in [-0.39, 0.29) is 11.7 Å². The van der Waals surface area contributed by atoms with Crippen LogP contribution in [0, 0.1) is 0 Å². The molecule has 0 fully saturated rings. The van der Waals surface area contributed by atoms with Crippen LogP contribution in [-0.4, -0.2) is 43.8 Å². The number of rotatable bonds is 5. The second-order valence-corrected chi connectivity index (χ2v) is 6.08. The minimum atomic E-state index is -0.579. The SMILES string of the molecule is CCC(NC(=O)C1CSC(/C(C)=N/O)=N1)c1cc(O)cc(=O)[nH]1. The van der Waals surface area contributed by atoms with E-state index in [0.29, 0.717) is 28.6 Å². The molecule has 2 heterocycles. The zero-order valence-corrected chi connectivity index (χ0v) is 13.6. The predicted molar refractivity (Wildman–Crippen MR) is 88.5 cm³/mol. The van der Waals surface area contributed by atoms with Gasteiger partial charge in [0.25, 0.3) is 5.56 Å². The maximum Gasteiger partial charge on any atom is 0.251 e. The van der Waals surface area contributed by atoms with Crippen LogP contribution in [0.3, 0.4) is 0 Å². The summed E-state index contributed by atoms with van der Waals surface area (Å²) in [6.07, 6.45) is 0.540. The van der Waals surface area contributed by atoms with Gasteiger partial charge in [-0.1, -0.05) is 12.1 Å². The topological polar surface area (TPSA) is 127 Å². The van der Waals surface area contributed by atoms with Crippen LogP contribution >= 0.6 is 11.8 Å². The molecule has 23 heavy (non-hydrogen) atoms. The van der Waals surface area contributed by atoms with Gasteiger partial charge in [-0.2, -0.15) is 0 Å². The molecule has 1 aromatic heterocycles. The van der Waals surface area contributed by atoms with E-state index in [1.54, 1.807) is 6.92 Å². The Morgan fingerprint density at radius 2 is 2.35 bits per heavy atom. The van der Waals surface area contributed by atoms with Gasteiger partial charge in [-0.25, -0.2) is 0 Å². The van der Waals surface area contributed by atoms with E-state index >= 15 is 0 Å². The molecule has 0 bridgehead atoms.